The molecular formula is C20H24N4O7. The second kappa shape index (κ2) is 11.5. The van der Waals surface area contributed by atoms with Crippen LogP contribution in [0.1, 0.15) is 18.4 Å². The zero-order chi connectivity index (χ0) is 22.8. The molecule has 11 heteroatoms. The van der Waals surface area contributed by atoms with Crippen LogP contribution >= 0.6 is 0 Å². The van der Waals surface area contributed by atoms with Crippen molar-refractivity contribution >= 4 is 35.2 Å². The summed E-state index contributed by atoms with van der Waals surface area (Å²) in [5, 5.41) is 17.4. The van der Waals surface area contributed by atoms with Gasteiger partial charge in [0, 0.05) is 45.2 Å². The highest BCUT2D eigenvalue weighted by Gasteiger charge is 2.25. The maximum absolute atomic E-state index is 12.0. The van der Waals surface area contributed by atoms with Gasteiger partial charge in [-0.05, 0) is 17.7 Å². The molecule has 0 fully saturated rings. The lowest BCUT2D eigenvalue weighted by atomic mass is 10.2. The van der Waals surface area contributed by atoms with Gasteiger partial charge in [0.1, 0.15) is 12.3 Å². The Bertz CT molecular complexity index is 880. The van der Waals surface area contributed by atoms with Gasteiger partial charge in [0.15, 0.2) is 0 Å². The normalized spacial score (nSPS) is 12.7. The van der Waals surface area contributed by atoms with Gasteiger partial charge in [-0.25, -0.2) is 0 Å². The Morgan fingerprint density at radius 1 is 0.968 bits per heavy atom. The SMILES string of the molecule is COCc1ccc(O)c(NC(=O)CCNC(=O)CCNC(=O)CN2C(=O)C=CC2=O)c1. The predicted octanol–water partition coefficient (Wildman–Crippen LogP) is -0.585. The molecule has 0 saturated heterocycles. The first kappa shape index (κ1) is 23.5. The molecule has 31 heavy (non-hydrogen) atoms. The third kappa shape index (κ3) is 7.55. The standard InChI is InChI=1S/C20H24N4O7/c1-31-12-13-2-3-15(25)14(10-13)23-17(27)7-9-21-16(26)6-8-22-18(28)11-24-19(29)4-5-20(24)30/h2-5,10,25H,6-9,11-12H2,1H3,(H,21,26)(H,22,28)(H,23,27). The van der Waals surface area contributed by atoms with E-state index in [4.69, 9.17) is 4.74 Å². The average molecular weight is 432 g/mol. The van der Waals surface area contributed by atoms with E-state index in [9.17, 15) is 29.1 Å². The molecule has 4 N–H and O–H groups in total. The molecule has 1 heterocycles. The largest absolute Gasteiger partial charge is 0.506 e. The summed E-state index contributed by atoms with van der Waals surface area (Å²) in [5.74, 6) is -2.54. The molecule has 1 aliphatic heterocycles. The number of ether oxygens (including phenoxy) is 1. The highest BCUT2D eigenvalue weighted by molar-refractivity contribution is 6.14. The van der Waals surface area contributed by atoms with Gasteiger partial charge in [0.25, 0.3) is 11.8 Å². The molecule has 0 atom stereocenters. The van der Waals surface area contributed by atoms with E-state index in [2.05, 4.69) is 16.0 Å². The Labute approximate surface area is 178 Å². The molecule has 0 saturated carbocycles. The van der Waals surface area contributed by atoms with E-state index in [-0.39, 0.29) is 43.3 Å². The number of hydrogen-bond acceptors (Lipinski definition) is 7. The number of rotatable bonds is 11. The fourth-order valence-corrected chi connectivity index (χ4v) is 2.66. The Kier molecular flexibility index (Phi) is 8.70. The maximum atomic E-state index is 12.0. The zero-order valence-electron chi connectivity index (χ0n) is 17.0. The molecule has 0 spiro atoms. The van der Waals surface area contributed by atoms with Crippen molar-refractivity contribution in [2.45, 2.75) is 19.4 Å². The molecule has 0 unspecified atom stereocenters. The van der Waals surface area contributed by atoms with Gasteiger partial charge >= 0.3 is 0 Å². The van der Waals surface area contributed by atoms with Crippen LogP contribution in [0.2, 0.25) is 0 Å². The number of methoxy groups -OCH3 is 1. The average Bonchev–Trinajstić information content (AvgIpc) is 3.02. The number of anilines is 1. The Balaban J connectivity index is 1.63. The zero-order valence-corrected chi connectivity index (χ0v) is 17.0. The van der Waals surface area contributed by atoms with Crippen LogP contribution < -0.4 is 16.0 Å². The highest BCUT2D eigenvalue weighted by Crippen LogP contribution is 2.24. The Morgan fingerprint density at radius 2 is 1.58 bits per heavy atom. The van der Waals surface area contributed by atoms with E-state index in [1.54, 1.807) is 12.1 Å². The number of nitrogens with zero attached hydrogens (tertiary/aromatic N) is 1. The van der Waals surface area contributed by atoms with Gasteiger partial charge in [-0.15, -0.1) is 0 Å². The molecule has 0 aromatic heterocycles. The van der Waals surface area contributed by atoms with E-state index in [0.717, 1.165) is 22.6 Å². The number of benzene rings is 1. The van der Waals surface area contributed by atoms with Crippen molar-refractivity contribution in [3.05, 3.63) is 35.9 Å². The summed E-state index contributed by atoms with van der Waals surface area (Å²) in [5.41, 5.74) is 1.03. The summed E-state index contributed by atoms with van der Waals surface area (Å²) < 4.78 is 5.01. The number of hydrogen-bond donors (Lipinski definition) is 4. The van der Waals surface area contributed by atoms with Gasteiger partial charge in [-0.2, -0.15) is 0 Å². The monoisotopic (exact) mass is 432 g/mol. The maximum Gasteiger partial charge on any atom is 0.254 e. The van der Waals surface area contributed by atoms with Crippen LogP contribution in [0.25, 0.3) is 0 Å². The lowest BCUT2D eigenvalue weighted by molar-refractivity contribution is -0.141. The van der Waals surface area contributed by atoms with Crippen LogP contribution in [-0.4, -0.2) is 66.3 Å². The van der Waals surface area contributed by atoms with Crippen LogP contribution in [0.15, 0.2) is 30.4 Å². The summed E-state index contributed by atoms with van der Waals surface area (Å²) in [4.78, 5) is 59.1. The van der Waals surface area contributed by atoms with Crippen LogP contribution in [0.5, 0.6) is 5.75 Å². The van der Waals surface area contributed by atoms with Gasteiger partial charge in [-0.1, -0.05) is 6.07 Å². The topological polar surface area (TPSA) is 154 Å². The second-order valence-corrected chi connectivity index (χ2v) is 6.63. The second-order valence-electron chi connectivity index (χ2n) is 6.63. The number of imide groups is 1. The quantitative estimate of drug-likeness (QED) is 0.269. The molecule has 1 aromatic rings. The van der Waals surface area contributed by atoms with Crippen molar-refractivity contribution in [1.29, 1.82) is 0 Å². The van der Waals surface area contributed by atoms with Gasteiger partial charge in [-0.3, -0.25) is 28.9 Å². The van der Waals surface area contributed by atoms with E-state index in [1.807, 2.05) is 0 Å². The fraction of sp³-hybridized carbons (Fsp3) is 0.350. The van der Waals surface area contributed by atoms with E-state index in [0.29, 0.717) is 6.61 Å². The first-order valence-electron chi connectivity index (χ1n) is 9.47. The first-order chi connectivity index (χ1) is 14.8. The first-order valence-corrected chi connectivity index (χ1v) is 9.47. The summed E-state index contributed by atoms with van der Waals surface area (Å²) in [6, 6.07) is 4.72. The summed E-state index contributed by atoms with van der Waals surface area (Å²) >= 11 is 0. The number of phenols is 1. The minimum atomic E-state index is -0.562. The van der Waals surface area contributed by atoms with E-state index >= 15 is 0 Å². The van der Waals surface area contributed by atoms with Gasteiger partial charge in [0.2, 0.25) is 17.7 Å². The minimum absolute atomic E-state index is 0.0146. The van der Waals surface area contributed by atoms with Crippen molar-refractivity contribution in [2.75, 3.05) is 32.1 Å². The van der Waals surface area contributed by atoms with Crippen LogP contribution in [-0.2, 0) is 35.3 Å². The molecule has 1 aromatic carbocycles. The summed E-state index contributed by atoms with van der Waals surface area (Å²) in [7, 11) is 1.53. The number of amides is 5. The highest BCUT2D eigenvalue weighted by atomic mass is 16.5. The van der Waals surface area contributed by atoms with Crippen LogP contribution in [0, 0.1) is 0 Å². The molecule has 11 nitrogen and oxygen atoms in total. The Hall–Kier alpha value is -3.73. The molecule has 166 valence electrons. The van der Waals surface area contributed by atoms with Crippen LogP contribution in [0.3, 0.4) is 0 Å². The summed E-state index contributed by atoms with van der Waals surface area (Å²) in [6.45, 7) is 0.00241. The molecule has 0 radical (unpaired) electrons. The molecule has 0 aliphatic carbocycles. The molecule has 2 rings (SSSR count). The molecule has 1 aliphatic rings. The fourth-order valence-electron chi connectivity index (χ4n) is 2.66. The molecular weight excluding hydrogens is 408 g/mol. The number of aromatic hydroxyl groups is 1. The molecule has 5 amide bonds. The predicted molar refractivity (Wildman–Crippen MR) is 109 cm³/mol. The third-order valence-electron chi connectivity index (χ3n) is 4.20. The third-order valence-corrected chi connectivity index (χ3v) is 4.20. The number of carbonyl (C=O) groups is 5. The number of nitrogens with one attached hydrogen (secondary N) is 3. The van der Waals surface area contributed by atoms with E-state index in [1.165, 1.54) is 13.2 Å². The molecule has 0 bridgehead atoms. The lowest BCUT2D eigenvalue weighted by Gasteiger charge is -2.13. The minimum Gasteiger partial charge on any atom is -0.506 e. The van der Waals surface area contributed by atoms with Crippen molar-refractivity contribution in [3.8, 4) is 5.75 Å². The van der Waals surface area contributed by atoms with Crippen molar-refractivity contribution < 1.29 is 33.8 Å². The van der Waals surface area contributed by atoms with Gasteiger partial charge < -0.3 is 25.8 Å². The lowest BCUT2D eigenvalue weighted by Crippen LogP contribution is -2.41. The van der Waals surface area contributed by atoms with E-state index < -0.39 is 30.2 Å². The number of carbonyl (C=O) groups excluding carboxylic acids is 5. The van der Waals surface area contributed by atoms with Crippen LogP contribution in [0.4, 0.5) is 5.69 Å². The Morgan fingerprint density at radius 3 is 2.23 bits per heavy atom. The van der Waals surface area contributed by atoms with Crippen molar-refractivity contribution in [3.63, 3.8) is 0 Å². The number of phenolic OH excluding ortho intramolecular Hbond substituents is 1. The van der Waals surface area contributed by atoms with Crippen molar-refractivity contribution in [1.82, 2.24) is 15.5 Å². The summed E-state index contributed by atoms with van der Waals surface area (Å²) in [6.07, 6.45) is 2.11. The van der Waals surface area contributed by atoms with Crippen molar-refractivity contribution in [2.24, 2.45) is 0 Å². The van der Waals surface area contributed by atoms with Gasteiger partial charge in [0.05, 0.1) is 12.3 Å². The smallest absolute Gasteiger partial charge is 0.254 e.